The van der Waals surface area contributed by atoms with Crippen molar-refractivity contribution in [2.75, 3.05) is 26.4 Å². The van der Waals surface area contributed by atoms with Crippen molar-refractivity contribution in [3.05, 3.63) is 26.7 Å². The van der Waals surface area contributed by atoms with Gasteiger partial charge in [-0.25, -0.2) is 13.1 Å². The Balaban J connectivity index is 2.78. The second-order valence-electron chi connectivity index (χ2n) is 3.43. The Morgan fingerprint density at radius 3 is 2.37 bits per heavy atom. The molecule has 0 saturated carbocycles. The minimum absolute atomic E-state index is 0.0307. The predicted octanol–water partition coefficient (Wildman–Crippen LogP) is 2.04. The van der Waals surface area contributed by atoms with Crippen LogP contribution in [0.3, 0.4) is 0 Å². The molecule has 0 heterocycles. The molecule has 0 atom stereocenters. The molecule has 0 bridgehead atoms. The molecule has 19 heavy (non-hydrogen) atoms. The lowest BCUT2D eigenvalue weighted by atomic mass is 10.4. The summed E-state index contributed by atoms with van der Waals surface area (Å²) < 4.78 is 31.9. The van der Waals surface area contributed by atoms with Gasteiger partial charge in [0.15, 0.2) is 0 Å². The van der Waals surface area contributed by atoms with E-state index >= 15 is 0 Å². The molecule has 0 saturated heterocycles. The normalized spacial score (nSPS) is 11.8. The van der Waals surface area contributed by atoms with E-state index in [9.17, 15) is 8.42 Å². The second kappa shape index (κ2) is 7.78. The fourth-order valence-corrected chi connectivity index (χ4v) is 4.22. The summed E-state index contributed by atoms with van der Waals surface area (Å²) in [6.45, 7) is 0.245. The highest BCUT2D eigenvalue weighted by Gasteiger charge is 2.21. The van der Waals surface area contributed by atoms with Crippen molar-refractivity contribution in [3.63, 3.8) is 0 Å². The topological polar surface area (TPSA) is 75.6 Å². The molecular formula is C10H12BrCl2NO4S. The number of nitrogens with one attached hydrogen (secondary N) is 1. The molecule has 1 aromatic rings. The van der Waals surface area contributed by atoms with Crippen LogP contribution in [0.2, 0.25) is 10.0 Å². The van der Waals surface area contributed by atoms with Gasteiger partial charge in [0.1, 0.15) is 4.90 Å². The zero-order valence-corrected chi connectivity index (χ0v) is 13.6. The summed E-state index contributed by atoms with van der Waals surface area (Å²) >= 11 is 14.9. The summed E-state index contributed by atoms with van der Waals surface area (Å²) in [5.74, 6) is 0. The first-order valence-corrected chi connectivity index (χ1v) is 8.24. The SMILES string of the molecule is O=S(=O)(NCCOCCO)c1c(Cl)cc(Br)cc1Cl. The molecule has 2 N–H and O–H groups in total. The van der Waals surface area contributed by atoms with Crippen LogP contribution in [-0.4, -0.2) is 39.9 Å². The number of aliphatic hydroxyl groups is 1. The van der Waals surface area contributed by atoms with Crippen LogP contribution in [0.25, 0.3) is 0 Å². The van der Waals surface area contributed by atoms with Gasteiger partial charge in [0.25, 0.3) is 0 Å². The smallest absolute Gasteiger partial charge is 0.243 e. The third-order valence-electron chi connectivity index (χ3n) is 2.01. The summed E-state index contributed by atoms with van der Waals surface area (Å²) in [6, 6.07) is 2.90. The van der Waals surface area contributed by atoms with Crippen LogP contribution in [0.15, 0.2) is 21.5 Å². The molecule has 5 nitrogen and oxygen atoms in total. The first kappa shape index (κ1) is 17.2. The lowest BCUT2D eigenvalue weighted by Crippen LogP contribution is -2.28. The van der Waals surface area contributed by atoms with Crippen molar-refractivity contribution in [3.8, 4) is 0 Å². The lowest BCUT2D eigenvalue weighted by Gasteiger charge is -2.10. The van der Waals surface area contributed by atoms with Gasteiger partial charge in [-0.15, -0.1) is 0 Å². The summed E-state index contributed by atoms with van der Waals surface area (Å²) in [6.07, 6.45) is 0. The molecule has 0 radical (unpaired) electrons. The van der Waals surface area contributed by atoms with Crippen molar-refractivity contribution < 1.29 is 18.3 Å². The molecule has 0 amide bonds. The van der Waals surface area contributed by atoms with E-state index < -0.39 is 10.0 Å². The highest BCUT2D eigenvalue weighted by molar-refractivity contribution is 9.10. The molecule has 0 aromatic heterocycles. The van der Waals surface area contributed by atoms with Crippen LogP contribution in [0, 0.1) is 0 Å². The molecule has 108 valence electrons. The van der Waals surface area contributed by atoms with Crippen LogP contribution in [0.4, 0.5) is 0 Å². The van der Waals surface area contributed by atoms with Gasteiger partial charge in [-0.05, 0) is 12.1 Å². The Hall–Kier alpha value is 0.110. The van der Waals surface area contributed by atoms with Gasteiger partial charge in [-0.2, -0.15) is 0 Å². The van der Waals surface area contributed by atoms with Crippen LogP contribution < -0.4 is 4.72 Å². The van der Waals surface area contributed by atoms with Crippen LogP contribution in [0.5, 0.6) is 0 Å². The van der Waals surface area contributed by atoms with Crippen molar-refractivity contribution in [1.29, 1.82) is 0 Å². The Morgan fingerprint density at radius 1 is 1.26 bits per heavy atom. The predicted molar refractivity (Wildman–Crippen MR) is 77.3 cm³/mol. The molecule has 9 heteroatoms. The fraction of sp³-hybridized carbons (Fsp3) is 0.400. The largest absolute Gasteiger partial charge is 0.394 e. The zero-order valence-electron chi connectivity index (χ0n) is 9.70. The number of hydrogen-bond acceptors (Lipinski definition) is 4. The molecule has 1 rings (SSSR count). The van der Waals surface area contributed by atoms with E-state index in [0.717, 1.165) is 0 Å². The molecular weight excluding hydrogens is 381 g/mol. The van der Waals surface area contributed by atoms with Crippen LogP contribution in [-0.2, 0) is 14.8 Å². The summed E-state index contributed by atoms with van der Waals surface area (Å²) in [5, 5.41) is 8.56. The van der Waals surface area contributed by atoms with Crippen LogP contribution in [0.1, 0.15) is 0 Å². The van der Waals surface area contributed by atoms with Gasteiger partial charge in [-0.3, -0.25) is 0 Å². The minimum atomic E-state index is -3.80. The van der Waals surface area contributed by atoms with Crippen molar-refractivity contribution in [2.24, 2.45) is 0 Å². The number of rotatable bonds is 7. The van der Waals surface area contributed by atoms with E-state index in [2.05, 4.69) is 20.7 Å². The molecule has 1 aromatic carbocycles. The number of halogens is 3. The minimum Gasteiger partial charge on any atom is -0.394 e. The third-order valence-corrected chi connectivity index (χ3v) is 4.85. The first-order valence-electron chi connectivity index (χ1n) is 5.21. The van der Waals surface area contributed by atoms with Gasteiger partial charge < -0.3 is 9.84 Å². The highest BCUT2D eigenvalue weighted by atomic mass is 79.9. The molecule has 0 aliphatic carbocycles. The Bertz CT molecular complexity index is 515. The van der Waals surface area contributed by atoms with E-state index in [1.807, 2.05) is 0 Å². The molecule has 0 aliphatic heterocycles. The van der Waals surface area contributed by atoms with E-state index in [1.165, 1.54) is 12.1 Å². The summed E-state index contributed by atoms with van der Waals surface area (Å²) in [7, 11) is -3.80. The number of benzene rings is 1. The second-order valence-corrected chi connectivity index (χ2v) is 6.87. The molecule has 0 aliphatic rings. The van der Waals surface area contributed by atoms with E-state index in [0.29, 0.717) is 4.47 Å². The average molecular weight is 393 g/mol. The van der Waals surface area contributed by atoms with E-state index in [-0.39, 0.29) is 41.3 Å². The van der Waals surface area contributed by atoms with E-state index in [1.54, 1.807) is 0 Å². The highest BCUT2D eigenvalue weighted by Crippen LogP contribution is 2.32. The average Bonchev–Trinajstić information content (AvgIpc) is 2.26. The van der Waals surface area contributed by atoms with Gasteiger partial charge >= 0.3 is 0 Å². The molecule has 0 fully saturated rings. The van der Waals surface area contributed by atoms with Gasteiger partial charge in [-0.1, -0.05) is 39.1 Å². The van der Waals surface area contributed by atoms with Gasteiger partial charge in [0.05, 0.1) is 29.9 Å². The maximum Gasteiger partial charge on any atom is 0.243 e. The van der Waals surface area contributed by atoms with E-state index in [4.69, 9.17) is 33.0 Å². The third kappa shape index (κ3) is 5.18. The van der Waals surface area contributed by atoms with Gasteiger partial charge in [0.2, 0.25) is 10.0 Å². The molecule has 0 unspecified atom stereocenters. The Labute approximate surface area is 130 Å². The number of aliphatic hydroxyl groups excluding tert-OH is 1. The van der Waals surface area contributed by atoms with Crippen LogP contribution >= 0.6 is 39.1 Å². The van der Waals surface area contributed by atoms with Gasteiger partial charge in [0, 0.05) is 11.0 Å². The number of ether oxygens (including phenoxy) is 1. The van der Waals surface area contributed by atoms with Crippen molar-refractivity contribution in [1.82, 2.24) is 4.72 Å². The summed E-state index contributed by atoms with van der Waals surface area (Å²) in [4.78, 5) is -0.166. The Morgan fingerprint density at radius 2 is 1.84 bits per heavy atom. The van der Waals surface area contributed by atoms with Crippen molar-refractivity contribution >= 4 is 49.2 Å². The summed E-state index contributed by atoms with van der Waals surface area (Å²) in [5.41, 5.74) is 0. The quantitative estimate of drug-likeness (QED) is 0.696. The monoisotopic (exact) mass is 391 g/mol. The zero-order chi connectivity index (χ0) is 14.5. The van der Waals surface area contributed by atoms with Crippen molar-refractivity contribution in [2.45, 2.75) is 4.90 Å². The maximum atomic E-state index is 12.0. The first-order chi connectivity index (χ1) is 8.88. The fourth-order valence-electron chi connectivity index (χ4n) is 1.27. The number of hydrogen-bond donors (Lipinski definition) is 2. The molecule has 0 spiro atoms. The maximum absolute atomic E-state index is 12.0. The number of sulfonamides is 1. The lowest BCUT2D eigenvalue weighted by molar-refractivity contribution is 0.0961. The standard InChI is InChI=1S/C10H12BrCl2NO4S/c11-7-5-8(12)10(9(13)6-7)19(16,17)14-1-3-18-4-2-15/h5-6,14-15H,1-4H2. The Kier molecular flexibility index (Phi) is 7.02.